The zero-order chi connectivity index (χ0) is 12.8. The van der Waals surface area contributed by atoms with Gasteiger partial charge in [0.25, 0.3) is 0 Å². The van der Waals surface area contributed by atoms with E-state index in [-0.39, 0.29) is 0 Å². The second-order valence-electron chi connectivity index (χ2n) is 4.40. The van der Waals surface area contributed by atoms with Crippen molar-refractivity contribution in [1.82, 2.24) is 9.55 Å². The van der Waals surface area contributed by atoms with E-state index >= 15 is 0 Å². The van der Waals surface area contributed by atoms with Crippen LogP contribution in [0.3, 0.4) is 0 Å². The number of para-hydroxylation sites is 1. The molecule has 2 aromatic rings. The molecule has 1 aromatic carbocycles. The van der Waals surface area contributed by atoms with E-state index in [0.717, 1.165) is 25.5 Å². The molecule has 18 heavy (non-hydrogen) atoms. The molecule has 0 bridgehead atoms. The first-order valence-electron chi connectivity index (χ1n) is 6.25. The number of anilines is 2. The minimum Gasteiger partial charge on any atom is -0.375 e. The Hall–Kier alpha value is -1.97. The highest BCUT2D eigenvalue weighted by atomic mass is 15.2. The Kier molecular flexibility index (Phi) is 4.23. The summed E-state index contributed by atoms with van der Waals surface area (Å²) in [6.45, 7) is 1.96. The van der Waals surface area contributed by atoms with Crippen LogP contribution in [0.5, 0.6) is 0 Å². The lowest BCUT2D eigenvalue weighted by Crippen LogP contribution is -2.21. The van der Waals surface area contributed by atoms with Gasteiger partial charge in [0.1, 0.15) is 0 Å². The smallest absolute Gasteiger partial charge is 0.202 e. The number of rotatable bonds is 6. The molecule has 0 aliphatic heterocycles. The van der Waals surface area contributed by atoms with Crippen molar-refractivity contribution in [3.8, 4) is 0 Å². The van der Waals surface area contributed by atoms with E-state index in [9.17, 15) is 0 Å². The molecule has 4 nitrogen and oxygen atoms in total. The van der Waals surface area contributed by atoms with Gasteiger partial charge in [-0.15, -0.1) is 0 Å². The van der Waals surface area contributed by atoms with E-state index in [1.165, 1.54) is 5.69 Å². The first-order valence-corrected chi connectivity index (χ1v) is 6.25. The van der Waals surface area contributed by atoms with E-state index in [1.807, 2.05) is 23.9 Å². The molecule has 0 fully saturated rings. The molecule has 1 aromatic heterocycles. The Morgan fingerprint density at radius 3 is 2.72 bits per heavy atom. The van der Waals surface area contributed by atoms with Gasteiger partial charge in [-0.1, -0.05) is 18.2 Å². The molecule has 0 spiro atoms. The summed E-state index contributed by atoms with van der Waals surface area (Å²) in [6.07, 6.45) is 4.83. The summed E-state index contributed by atoms with van der Waals surface area (Å²) >= 11 is 0. The molecule has 0 radical (unpaired) electrons. The molecule has 0 amide bonds. The molecule has 0 saturated heterocycles. The number of benzene rings is 1. The summed E-state index contributed by atoms with van der Waals surface area (Å²) in [7, 11) is 4.11. The molecule has 1 heterocycles. The second-order valence-corrected chi connectivity index (χ2v) is 4.40. The Bertz CT molecular complexity index is 464. The first kappa shape index (κ1) is 12.5. The second kappa shape index (κ2) is 6.10. The third-order valence-electron chi connectivity index (χ3n) is 2.97. The van der Waals surface area contributed by atoms with Gasteiger partial charge < -0.3 is 14.8 Å². The van der Waals surface area contributed by atoms with Crippen LogP contribution in [0.4, 0.5) is 11.6 Å². The minimum atomic E-state index is 0.928. The van der Waals surface area contributed by atoms with Crippen LogP contribution in [0.15, 0.2) is 42.7 Å². The molecular weight excluding hydrogens is 224 g/mol. The molecule has 4 heteroatoms. The van der Waals surface area contributed by atoms with E-state index in [1.54, 1.807) is 6.20 Å². The van der Waals surface area contributed by atoms with Gasteiger partial charge >= 0.3 is 0 Å². The highest BCUT2D eigenvalue weighted by Crippen LogP contribution is 2.11. The van der Waals surface area contributed by atoms with Gasteiger partial charge in [-0.05, 0) is 18.6 Å². The quantitative estimate of drug-likeness (QED) is 0.792. The van der Waals surface area contributed by atoms with Crippen LogP contribution in [0.2, 0.25) is 0 Å². The van der Waals surface area contributed by atoms with E-state index < -0.39 is 0 Å². The summed E-state index contributed by atoms with van der Waals surface area (Å²) in [4.78, 5) is 6.49. The van der Waals surface area contributed by atoms with Crippen molar-refractivity contribution in [1.29, 1.82) is 0 Å². The topological polar surface area (TPSA) is 33.1 Å². The average Bonchev–Trinajstić information content (AvgIpc) is 2.81. The summed E-state index contributed by atoms with van der Waals surface area (Å²) < 4.78 is 1.99. The SMILES string of the molecule is CN(CCCNc1nccn1C)c1ccccc1. The predicted molar refractivity (Wildman–Crippen MR) is 76.0 cm³/mol. The van der Waals surface area contributed by atoms with Crippen LogP contribution in [0.25, 0.3) is 0 Å². The first-order chi connectivity index (χ1) is 8.77. The van der Waals surface area contributed by atoms with Gasteiger partial charge in [0, 0.05) is 45.3 Å². The lowest BCUT2D eigenvalue weighted by atomic mass is 10.3. The lowest BCUT2D eigenvalue weighted by Gasteiger charge is -2.19. The van der Waals surface area contributed by atoms with E-state index in [4.69, 9.17) is 0 Å². The van der Waals surface area contributed by atoms with Gasteiger partial charge in [0.2, 0.25) is 5.95 Å². The summed E-state index contributed by atoms with van der Waals surface area (Å²) in [5, 5.41) is 3.32. The maximum atomic E-state index is 4.23. The van der Waals surface area contributed by atoms with Crippen LogP contribution in [-0.2, 0) is 7.05 Å². The Morgan fingerprint density at radius 2 is 2.06 bits per heavy atom. The maximum absolute atomic E-state index is 4.23. The predicted octanol–water partition coefficient (Wildman–Crippen LogP) is 2.36. The van der Waals surface area contributed by atoms with Crippen LogP contribution >= 0.6 is 0 Å². The normalized spacial score (nSPS) is 10.3. The third-order valence-corrected chi connectivity index (χ3v) is 2.97. The zero-order valence-electron chi connectivity index (χ0n) is 11.0. The lowest BCUT2D eigenvalue weighted by molar-refractivity contribution is 0.801. The number of imidazole rings is 1. The van der Waals surface area contributed by atoms with Crippen molar-refractivity contribution in [2.45, 2.75) is 6.42 Å². The number of hydrogen-bond acceptors (Lipinski definition) is 3. The average molecular weight is 244 g/mol. The van der Waals surface area contributed by atoms with Gasteiger partial charge in [-0.3, -0.25) is 0 Å². The Labute approximate surface area is 108 Å². The molecule has 0 aliphatic carbocycles. The van der Waals surface area contributed by atoms with Crippen molar-refractivity contribution >= 4 is 11.6 Å². The molecule has 0 atom stereocenters. The fraction of sp³-hybridized carbons (Fsp3) is 0.357. The summed E-state index contributed by atoms with van der Waals surface area (Å²) in [6, 6.07) is 10.4. The van der Waals surface area contributed by atoms with Crippen molar-refractivity contribution in [3.05, 3.63) is 42.7 Å². The van der Waals surface area contributed by atoms with E-state index in [0.29, 0.717) is 0 Å². The fourth-order valence-electron chi connectivity index (χ4n) is 1.86. The van der Waals surface area contributed by atoms with Crippen molar-refractivity contribution in [3.63, 3.8) is 0 Å². The highest BCUT2D eigenvalue weighted by Gasteiger charge is 2.00. The maximum Gasteiger partial charge on any atom is 0.202 e. The van der Waals surface area contributed by atoms with Gasteiger partial charge in [0.15, 0.2) is 0 Å². The van der Waals surface area contributed by atoms with Crippen LogP contribution in [0, 0.1) is 0 Å². The van der Waals surface area contributed by atoms with Gasteiger partial charge in [-0.2, -0.15) is 0 Å². The number of aromatic nitrogens is 2. The summed E-state index contributed by atoms with van der Waals surface area (Å²) in [5.74, 6) is 0.928. The molecule has 2 rings (SSSR count). The largest absolute Gasteiger partial charge is 0.375 e. The zero-order valence-corrected chi connectivity index (χ0v) is 11.0. The molecule has 96 valence electrons. The molecule has 0 aliphatic rings. The van der Waals surface area contributed by atoms with E-state index in [2.05, 4.69) is 46.5 Å². The highest BCUT2D eigenvalue weighted by molar-refractivity contribution is 5.44. The molecular formula is C14H20N4. The summed E-state index contributed by atoms with van der Waals surface area (Å²) in [5.41, 5.74) is 1.26. The molecule has 1 N–H and O–H groups in total. The van der Waals surface area contributed by atoms with Gasteiger partial charge in [-0.25, -0.2) is 4.98 Å². The fourth-order valence-corrected chi connectivity index (χ4v) is 1.86. The Balaban J connectivity index is 1.71. The van der Waals surface area contributed by atoms with Crippen molar-refractivity contribution in [2.24, 2.45) is 7.05 Å². The van der Waals surface area contributed by atoms with Crippen LogP contribution in [0.1, 0.15) is 6.42 Å². The number of hydrogen-bond donors (Lipinski definition) is 1. The minimum absolute atomic E-state index is 0.928. The Morgan fingerprint density at radius 1 is 1.28 bits per heavy atom. The van der Waals surface area contributed by atoms with Crippen molar-refractivity contribution in [2.75, 3.05) is 30.4 Å². The van der Waals surface area contributed by atoms with Crippen molar-refractivity contribution < 1.29 is 0 Å². The third kappa shape index (κ3) is 3.26. The monoisotopic (exact) mass is 244 g/mol. The van der Waals surface area contributed by atoms with Gasteiger partial charge in [0.05, 0.1) is 0 Å². The number of nitrogens with one attached hydrogen (secondary N) is 1. The van der Waals surface area contributed by atoms with Crippen LogP contribution in [-0.4, -0.2) is 29.7 Å². The molecule has 0 unspecified atom stereocenters. The number of aryl methyl sites for hydroxylation is 1. The van der Waals surface area contributed by atoms with Crippen LogP contribution < -0.4 is 10.2 Å². The standard InChI is InChI=1S/C14H20N4/c1-17(13-7-4-3-5-8-13)11-6-9-15-14-16-10-12-18(14)2/h3-5,7-8,10,12H,6,9,11H2,1-2H3,(H,15,16). The molecule has 0 saturated carbocycles. The number of nitrogens with zero attached hydrogens (tertiary/aromatic N) is 3.